The summed E-state index contributed by atoms with van der Waals surface area (Å²) in [7, 11) is 0. The Kier molecular flexibility index (Phi) is 4.44. The summed E-state index contributed by atoms with van der Waals surface area (Å²) in [5.74, 6) is 1.09. The molecular formula is C20H18N4O4S. The number of urea groups is 1. The van der Waals surface area contributed by atoms with Gasteiger partial charge in [-0.15, -0.1) is 0 Å². The summed E-state index contributed by atoms with van der Waals surface area (Å²) < 4.78 is 12.1. The van der Waals surface area contributed by atoms with Crippen LogP contribution in [0.3, 0.4) is 0 Å². The van der Waals surface area contributed by atoms with Gasteiger partial charge < -0.3 is 20.1 Å². The molecule has 1 fully saturated rings. The summed E-state index contributed by atoms with van der Waals surface area (Å²) in [4.78, 5) is 28.8. The van der Waals surface area contributed by atoms with Crippen LogP contribution in [-0.4, -0.2) is 36.2 Å². The van der Waals surface area contributed by atoms with Gasteiger partial charge in [-0.1, -0.05) is 11.3 Å². The Labute approximate surface area is 170 Å². The van der Waals surface area contributed by atoms with Crippen molar-refractivity contribution in [1.29, 1.82) is 0 Å². The van der Waals surface area contributed by atoms with Gasteiger partial charge >= 0.3 is 6.03 Å². The van der Waals surface area contributed by atoms with Crippen LogP contribution in [0, 0.1) is 0 Å². The third-order valence-electron chi connectivity index (χ3n) is 4.59. The first-order chi connectivity index (χ1) is 14.1. The van der Waals surface area contributed by atoms with Crippen molar-refractivity contribution in [2.75, 3.05) is 23.8 Å². The summed E-state index contributed by atoms with van der Waals surface area (Å²) in [5, 5.41) is 8.93. The van der Waals surface area contributed by atoms with Crippen molar-refractivity contribution >= 4 is 44.3 Å². The van der Waals surface area contributed by atoms with Crippen LogP contribution in [0.25, 0.3) is 10.2 Å². The number of hydrogen-bond donors (Lipinski definition) is 3. The first kappa shape index (κ1) is 17.7. The van der Waals surface area contributed by atoms with Crippen LogP contribution in [0.2, 0.25) is 0 Å². The van der Waals surface area contributed by atoms with E-state index in [1.165, 1.54) is 11.3 Å². The number of ether oxygens (including phenoxy) is 2. The molecular weight excluding hydrogens is 392 g/mol. The third-order valence-corrected chi connectivity index (χ3v) is 5.52. The number of fused-ring (bicyclic) bond motifs is 2. The van der Waals surface area contributed by atoms with Crippen LogP contribution >= 0.6 is 11.3 Å². The maximum Gasteiger partial charge on any atom is 0.319 e. The molecule has 2 aromatic carbocycles. The molecule has 1 saturated carbocycles. The lowest BCUT2D eigenvalue weighted by atomic mass is 10.2. The van der Waals surface area contributed by atoms with Crippen molar-refractivity contribution in [1.82, 2.24) is 10.3 Å². The van der Waals surface area contributed by atoms with Crippen molar-refractivity contribution in [3.05, 3.63) is 42.0 Å². The molecule has 0 radical (unpaired) electrons. The molecule has 8 nitrogen and oxygen atoms in total. The van der Waals surface area contributed by atoms with Crippen LogP contribution < -0.4 is 25.4 Å². The highest BCUT2D eigenvalue weighted by Gasteiger charge is 2.23. The van der Waals surface area contributed by atoms with Gasteiger partial charge in [-0.25, -0.2) is 9.78 Å². The van der Waals surface area contributed by atoms with Crippen LogP contribution in [0.5, 0.6) is 11.5 Å². The van der Waals surface area contributed by atoms with Crippen molar-refractivity contribution in [3.63, 3.8) is 0 Å². The van der Waals surface area contributed by atoms with E-state index in [2.05, 4.69) is 20.9 Å². The molecule has 1 aliphatic carbocycles. The molecule has 29 heavy (non-hydrogen) atoms. The summed E-state index contributed by atoms with van der Waals surface area (Å²) in [5.41, 5.74) is 1.85. The average molecular weight is 410 g/mol. The number of thiazole rings is 1. The minimum absolute atomic E-state index is 0.227. The minimum Gasteiger partial charge on any atom is -0.486 e. The molecule has 1 aliphatic heterocycles. The SMILES string of the molecule is O=C(Nc1ccc(C(=O)Nc2nc3cc4c(cc3s2)OCCO4)cc1)NC1CC1. The van der Waals surface area contributed by atoms with E-state index >= 15 is 0 Å². The number of hydrogen-bond acceptors (Lipinski definition) is 6. The zero-order valence-corrected chi connectivity index (χ0v) is 16.2. The number of amides is 3. The summed E-state index contributed by atoms with van der Waals surface area (Å²) >= 11 is 1.37. The molecule has 2 aliphatic rings. The molecule has 0 unspecified atom stereocenters. The maximum atomic E-state index is 12.5. The quantitative estimate of drug-likeness (QED) is 0.610. The number of rotatable bonds is 4. The van der Waals surface area contributed by atoms with Gasteiger partial charge in [0.15, 0.2) is 16.6 Å². The first-order valence-electron chi connectivity index (χ1n) is 9.33. The lowest BCUT2D eigenvalue weighted by Crippen LogP contribution is -2.30. The predicted molar refractivity (Wildman–Crippen MR) is 110 cm³/mol. The zero-order chi connectivity index (χ0) is 19.8. The average Bonchev–Trinajstić information content (AvgIpc) is 3.44. The molecule has 3 amide bonds. The van der Waals surface area contributed by atoms with Crippen LogP contribution in [-0.2, 0) is 0 Å². The van der Waals surface area contributed by atoms with Gasteiger partial charge in [0, 0.05) is 29.4 Å². The Balaban J connectivity index is 1.26. The van der Waals surface area contributed by atoms with Gasteiger partial charge in [-0.05, 0) is 37.1 Å². The summed E-state index contributed by atoms with van der Waals surface area (Å²) in [6.45, 7) is 1.04. The molecule has 0 atom stereocenters. The van der Waals surface area contributed by atoms with E-state index in [9.17, 15) is 9.59 Å². The fourth-order valence-electron chi connectivity index (χ4n) is 2.97. The lowest BCUT2D eigenvalue weighted by molar-refractivity contribution is 0.102. The number of nitrogens with one attached hydrogen (secondary N) is 3. The minimum atomic E-state index is -0.268. The number of carbonyl (C=O) groups excluding carboxylic acids is 2. The third kappa shape index (κ3) is 3.95. The molecule has 5 rings (SSSR count). The van der Waals surface area contributed by atoms with Crippen molar-refractivity contribution in [2.45, 2.75) is 18.9 Å². The van der Waals surface area contributed by atoms with Crippen LogP contribution in [0.15, 0.2) is 36.4 Å². The van der Waals surface area contributed by atoms with Gasteiger partial charge in [-0.3, -0.25) is 10.1 Å². The van der Waals surface area contributed by atoms with E-state index in [0.717, 1.165) is 23.1 Å². The van der Waals surface area contributed by atoms with Gasteiger partial charge in [0.05, 0.1) is 10.2 Å². The van der Waals surface area contributed by atoms with Crippen molar-refractivity contribution in [3.8, 4) is 11.5 Å². The summed E-state index contributed by atoms with van der Waals surface area (Å²) in [6, 6.07) is 10.5. The first-order valence-corrected chi connectivity index (χ1v) is 10.1. The Morgan fingerprint density at radius 3 is 2.45 bits per heavy atom. The normalized spacial score (nSPS) is 15.0. The highest BCUT2D eigenvalue weighted by atomic mass is 32.1. The van der Waals surface area contributed by atoms with Crippen molar-refractivity contribution in [2.24, 2.45) is 0 Å². The van der Waals surface area contributed by atoms with Crippen LogP contribution in [0.1, 0.15) is 23.2 Å². The van der Waals surface area contributed by atoms with Gasteiger partial charge in [0.2, 0.25) is 0 Å². The number of carbonyl (C=O) groups is 2. The molecule has 3 N–H and O–H groups in total. The molecule has 148 valence electrons. The topological polar surface area (TPSA) is 102 Å². The second-order valence-corrected chi connectivity index (χ2v) is 7.92. The van der Waals surface area contributed by atoms with E-state index in [-0.39, 0.29) is 18.0 Å². The summed E-state index contributed by atoms with van der Waals surface area (Å²) in [6.07, 6.45) is 2.06. The fraction of sp³-hybridized carbons (Fsp3) is 0.250. The molecule has 0 bridgehead atoms. The predicted octanol–water partition coefficient (Wildman–Crippen LogP) is 3.60. The van der Waals surface area contributed by atoms with E-state index < -0.39 is 0 Å². The largest absolute Gasteiger partial charge is 0.486 e. The van der Waals surface area contributed by atoms with E-state index in [4.69, 9.17) is 9.47 Å². The highest BCUT2D eigenvalue weighted by Crippen LogP contribution is 2.37. The van der Waals surface area contributed by atoms with Gasteiger partial charge in [-0.2, -0.15) is 0 Å². The van der Waals surface area contributed by atoms with Crippen molar-refractivity contribution < 1.29 is 19.1 Å². The second kappa shape index (κ2) is 7.25. The number of aromatic nitrogens is 1. The Morgan fingerprint density at radius 2 is 1.72 bits per heavy atom. The standard InChI is InChI=1S/C20H18N4O4S/c25-18(11-1-3-12(4-2-11)21-19(26)22-13-5-6-13)24-20-23-14-9-15-16(10-17(14)29-20)28-8-7-27-15/h1-4,9-10,13H,5-8H2,(H2,21,22,26)(H,23,24,25). The van der Waals surface area contributed by atoms with Gasteiger partial charge in [0.1, 0.15) is 13.2 Å². The molecule has 9 heteroatoms. The molecule has 0 spiro atoms. The second-order valence-electron chi connectivity index (χ2n) is 6.89. The molecule has 1 aromatic heterocycles. The molecule has 3 aromatic rings. The number of benzene rings is 2. The maximum absolute atomic E-state index is 12.5. The highest BCUT2D eigenvalue weighted by molar-refractivity contribution is 7.22. The van der Waals surface area contributed by atoms with E-state index in [1.807, 2.05) is 12.1 Å². The van der Waals surface area contributed by atoms with Gasteiger partial charge in [0.25, 0.3) is 5.91 Å². The Bertz CT molecular complexity index is 1050. The number of anilines is 2. The Morgan fingerprint density at radius 1 is 1.00 bits per heavy atom. The fourth-order valence-corrected chi connectivity index (χ4v) is 3.84. The van der Waals surface area contributed by atoms with E-state index in [0.29, 0.717) is 41.1 Å². The number of nitrogens with zero attached hydrogens (tertiary/aromatic N) is 1. The Hall–Kier alpha value is -3.33. The van der Waals surface area contributed by atoms with E-state index in [1.54, 1.807) is 24.3 Å². The van der Waals surface area contributed by atoms with Crippen LogP contribution in [0.4, 0.5) is 15.6 Å². The molecule has 0 saturated heterocycles. The monoisotopic (exact) mass is 410 g/mol. The molecule has 2 heterocycles. The smallest absolute Gasteiger partial charge is 0.319 e. The zero-order valence-electron chi connectivity index (χ0n) is 15.4. The lowest BCUT2D eigenvalue weighted by Gasteiger charge is -2.17.